The zero-order valence-corrected chi connectivity index (χ0v) is 11.2. The van der Waals surface area contributed by atoms with Crippen LogP contribution in [-0.2, 0) is 6.54 Å². The quantitative estimate of drug-likeness (QED) is 0.875. The summed E-state index contributed by atoms with van der Waals surface area (Å²) in [7, 11) is 0. The molecule has 16 heavy (non-hydrogen) atoms. The van der Waals surface area contributed by atoms with E-state index in [1.54, 1.807) is 17.4 Å². The molecule has 0 aliphatic heterocycles. The van der Waals surface area contributed by atoms with Crippen LogP contribution in [0.25, 0.3) is 0 Å². The molecule has 1 aromatic heterocycles. The van der Waals surface area contributed by atoms with Crippen molar-refractivity contribution in [1.29, 1.82) is 0 Å². The van der Waals surface area contributed by atoms with Crippen molar-refractivity contribution in [2.24, 2.45) is 0 Å². The molecule has 1 nitrogen and oxygen atoms in total. The third-order valence-corrected chi connectivity index (χ3v) is 3.90. The number of nitrogens with one attached hydrogen (secondary N) is 1. The number of hydrogen-bond donors (Lipinski definition) is 1. The van der Waals surface area contributed by atoms with Gasteiger partial charge in [-0.25, -0.2) is 4.39 Å². The average Bonchev–Trinajstić information content (AvgIpc) is 2.63. The molecular formula is C12H11BrFNS. The van der Waals surface area contributed by atoms with Crippen LogP contribution < -0.4 is 5.32 Å². The summed E-state index contributed by atoms with van der Waals surface area (Å²) in [5, 5.41) is 5.10. The SMILES string of the molecule is Cc1ccc(NCc2cc(Br)cs2)c(F)c1. The zero-order chi connectivity index (χ0) is 11.5. The third-order valence-electron chi connectivity index (χ3n) is 2.20. The van der Waals surface area contributed by atoms with Gasteiger partial charge < -0.3 is 5.32 Å². The average molecular weight is 300 g/mol. The van der Waals surface area contributed by atoms with Gasteiger partial charge in [0.25, 0.3) is 0 Å². The normalized spacial score (nSPS) is 10.4. The summed E-state index contributed by atoms with van der Waals surface area (Å²) >= 11 is 5.04. The van der Waals surface area contributed by atoms with Gasteiger partial charge in [-0.3, -0.25) is 0 Å². The Morgan fingerprint density at radius 2 is 2.19 bits per heavy atom. The monoisotopic (exact) mass is 299 g/mol. The standard InChI is InChI=1S/C12H11BrFNS/c1-8-2-3-12(11(14)4-8)15-6-10-5-9(13)7-16-10/h2-5,7,15H,6H2,1H3. The van der Waals surface area contributed by atoms with Gasteiger partial charge in [-0.1, -0.05) is 6.07 Å². The number of hydrogen-bond acceptors (Lipinski definition) is 2. The van der Waals surface area contributed by atoms with Crippen LogP contribution >= 0.6 is 27.3 Å². The molecule has 0 bridgehead atoms. The third kappa shape index (κ3) is 2.83. The first-order valence-electron chi connectivity index (χ1n) is 4.88. The van der Waals surface area contributed by atoms with E-state index in [-0.39, 0.29) is 5.82 Å². The van der Waals surface area contributed by atoms with Gasteiger partial charge in [0.05, 0.1) is 5.69 Å². The molecule has 0 spiro atoms. The molecule has 0 radical (unpaired) electrons. The molecule has 1 heterocycles. The number of thiophene rings is 1. The summed E-state index contributed by atoms with van der Waals surface area (Å²) in [5.41, 5.74) is 1.48. The topological polar surface area (TPSA) is 12.0 Å². The molecule has 0 saturated carbocycles. The van der Waals surface area contributed by atoms with E-state index in [1.165, 1.54) is 10.9 Å². The highest BCUT2D eigenvalue weighted by Crippen LogP contribution is 2.22. The fourth-order valence-corrected chi connectivity index (χ4v) is 2.78. The van der Waals surface area contributed by atoms with Crippen LogP contribution in [0.5, 0.6) is 0 Å². The number of anilines is 1. The van der Waals surface area contributed by atoms with Crippen LogP contribution in [0.1, 0.15) is 10.4 Å². The van der Waals surface area contributed by atoms with Crippen LogP contribution in [0, 0.1) is 12.7 Å². The molecule has 84 valence electrons. The lowest BCUT2D eigenvalue weighted by molar-refractivity contribution is 0.629. The van der Waals surface area contributed by atoms with Crippen LogP contribution in [0.15, 0.2) is 34.1 Å². The van der Waals surface area contributed by atoms with Gasteiger partial charge in [-0.05, 0) is 46.6 Å². The number of rotatable bonds is 3. The van der Waals surface area contributed by atoms with Crippen molar-refractivity contribution in [3.8, 4) is 0 Å². The Labute approximate surface area is 106 Å². The number of benzene rings is 1. The molecule has 1 aromatic carbocycles. The second-order valence-electron chi connectivity index (χ2n) is 3.57. The molecular weight excluding hydrogens is 289 g/mol. The molecule has 0 fully saturated rings. The lowest BCUT2D eigenvalue weighted by Gasteiger charge is -2.06. The second kappa shape index (κ2) is 4.97. The maximum absolute atomic E-state index is 13.5. The molecule has 0 aliphatic carbocycles. The molecule has 4 heteroatoms. The summed E-state index contributed by atoms with van der Waals surface area (Å²) in [6.45, 7) is 2.53. The van der Waals surface area contributed by atoms with E-state index in [1.807, 2.05) is 24.4 Å². The predicted octanol–water partition coefficient (Wildman–Crippen LogP) is 4.57. The summed E-state index contributed by atoms with van der Waals surface area (Å²) < 4.78 is 14.6. The lowest BCUT2D eigenvalue weighted by Crippen LogP contribution is -1.99. The van der Waals surface area contributed by atoms with Crippen molar-refractivity contribution in [2.75, 3.05) is 5.32 Å². The summed E-state index contributed by atoms with van der Waals surface area (Å²) in [6.07, 6.45) is 0. The maximum Gasteiger partial charge on any atom is 0.146 e. The first-order chi connectivity index (χ1) is 7.65. The maximum atomic E-state index is 13.5. The minimum atomic E-state index is -0.198. The van der Waals surface area contributed by atoms with Gasteiger partial charge in [0.15, 0.2) is 0 Å². The Morgan fingerprint density at radius 1 is 1.38 bits per heavy atom. The van der Waals surface area contributed by atoms with E-state index in [4.69, 9.17) is 0 Å². The Kier molecular flexibility index (Phi) is 3.61. The van der Waals surface area contributed by atoms with Crippen molar-refractivity contribution in [2.45, 2.75) is 13.5 Å². The molecule has 0 atom stereocenters. The number of aryl methyl sites for hydroxylation is 1. The number of halogens is 2. The Bertz CT molecular complexity index is 496. The smallest absolute Gasteiger partial charge is 0.146 e. The predicted molar refractivity (Wildman–Crippen MR) is 70.5 cm³/mol. The highest BCUT2D eigenvalue weighted by Gasteiger charge is 2.02. The molecule has 2 aromatic rings. The highest BCUT2D eigenvalue weighted by molar-refractivity contribution is 9.10. The zero-order valence-electron chi connectivity index (χ0n) is 8.76. The Morgan fingerprint density at radius 3 is 2.81 bits per heavy atom. The van der Waals surface area contributed by atoms with Crippen molar-refractivity contribution < 1.29 is 4.39 Å². The van der Waals surface area contributed by atoms with Crippen molar-refractivity contribution in [1.82, 2.24) is 0 Å². The molecule has 0 aliphatic rings. The minimum absolute atomic E-state index is 0.198. The van der Waals surface area contributed by atoms with E-state index < -0.39 is 0 Å². The van der Waals surface area contributed by atoms with Crippen molar-refractivity contribution >= 4 is 33.0 Å². The van der Waals surface area contributed by atoms with Gasteiger partial charge in [0.2, 0.25) is 0 Å². The molecule has 2 rings (SSSR count). The first kappa shape index (κ1) is 11.6. The van der Waals surface area contributed by atoms with Crippen molar-refractivity contribution in [3.63, 3.8) is 0 Å². The van der Waals surface area contributed by atoms with E-state index >= 15 is 0 Å². The molecule has 0 saturated heterocycles. The van der Waals surface area contributed by atoms with E-state index in [0.29, 0.717) is 12.2 Å². The van der Waals surface area contributed by atoms with Crippen LogP contribution in [0.2, 0.25) is 0 Å². The highest BCUT2D eigenvalue weighted by atomic mass is 79.9. The minimum Gasteiger partial charge on any atom is -0.378 e. The van der Waals surface area contributed by atoms with E-state index in [2.05, 4.69) is 21.2 Å². The fourth-order valence-electron chi connectivity index (χ4n) is 1.39. The van der Waals surface area contributed by atoms with E-state index in [0.717, 1.165) is 10.0 Å². The van der Waals surface area contributed by atoms with E-state index in [9.17, 15) is 4.39 Å². The molecule has 0 unspecified atom stereocenters. The largest absolute Gasteiger partial charge is 0.378 e. The van der Waals surface area contributed by atoms with Crippen LogP contribution in [0.4, 0.5) is 10.1 Å². The summed E-state index contributed by atoms with van der Waals surface area (Å²) in [4.78, 5) is 1.17. The molecule has 1 N–H and O–H groups in total. The summed E-state index contributed by atoms with van der Waals surface area (Å²) in [5.74, 6) is -0.198. The first-order valence-corrected chi connectivity index (χ1v) is 6.55. The van der Waals surface area contributed by atoms with Gasteiger partial charge in [-0.15, -0.1) is 11.3 Å². The molecule has 0 amide bonds. The Balaban J connectivity index is 2.04. The summed E-state index contributed by atoms with van der Waals surface area (Å²) in [6, 6.07) is 7.24. The van der Waals surface area contributed by atoms with Crippen LogP contribution in [0.3, 0.4) is 0 Å². The van der Waals surface area contributed by atoms with Gasteiger partial charge in [0, 0.05) is 21.3 Å². The van der Waals surface area contributed by atoms with Crippen molar-refractivity contribution in [3.05, 3.63) is 50.4 Å². The Hall–Kier alpha value is -0.870. The van der Waals surface area contributed by atoms with Gasteiger partial charge >= 0.3 is 0 Å². The van der Waals surface area contributed by atoms with Gasteiger partial charge in [0.1, 0.15) is 5.82 Å². The second-order valence-corrected chi connectivity index (χ2v) is 5.48. The van der Waals surface area contributed by atoms with Gasteiger partial charge in [-0.2, -0.15) is 0 Å². The van der Waals surface area contributed by atoms with Crippen LogP contribution in [-0.4, -0.2) is 0 Å². The lowest BCUT2D eigenvalue weighted by atomic mass is 10.2. The fraction of sp³-hybridized carbons (Fsp3) is 0.167.